The summed E-state index contributed by atoms with van der Waals surface area (Å²) in [4.78, 5) is 15.2. The lowest BCUT2D eigenvalue weighted by molar-refractivity contribution is -0.122. The zero-order chi connectivity index (χ0) is 23.6. The van der Waals surface area contributed by atoms with Gasteiger partial charge in [0.1, 0.15) is 12.4 Å². The zero-order valence-corrected chi connectivity index (χ0v) is 19.4. The molecule has 5 rings (SSSR count). The summed E-state index contributed by atoms with van der Waals surface area (Å²) in [5.41, 5.74) is 2.49. The van der Waals surface area contributed by atoms with Crippen molar-refractivity contribution < 1.29 is 23.1 Å². The highest BCUT2D eigenvalue weighted by atomic mass is 32.2. The number of anilines is 2. The van der Waals surface area contributed by atoms with E-state index in [-0.39, 0.29) is 11.4 Å². The van der Waals surface area contributed by atoms with Gasteiger partial charge in [-0.15, -0.1) is 0 Å². The number of hydrogen-bond donors (Lipinski definition) is 1. The molecular weight excluding hydrogens is 446 g/mol. The molecule has 0 bridgehead atoms. The highest BCUT2D eigenvalue weighted by Gasteiger charge is 2.25. The smallest absolute Gasteiger partial charge is 0.290 e. The number of nitrogens with zero attached hydrogens (tertiary/aromatic N) is 5. The molecule has 176 valence electrons. The van der Waals surface area contributed by atoms with Crippen LogP contribution in [-0.2, 0) is 14.8 Å². The summed E-state index contributed by atoms with van der Waals surface area (Å²) in [5.74, 6) is 0.583. The summed E-state index contributed by atoms with van der Waals surface area (Å²) < 4.78 is 33.7. The SMILES string of the molecule is CN1CCN(c2ccc3cnn(S(=O)(=O)c4ccc5c(c4)OCCN5C)c3c2)CC1.O=CO. The molecule has 0 aliphatic carbocycles. The maximum Gasteiger partial charge on any atom is 0.290 e. The number of piperazine rings is 1. The van der Waals surface area contributed by atoms with E-state index in [0.29, 0.717) is 17.9 Å². The topological polar surface area (TPSA) is 108 Å². The molecule has 10 nitrogen and oxygen atoms in total. The Hall–Kier alpha value is -3.31. The average molecular weight is 474 g/mol. The quantitative estimate of drug-likeness (QED) is 0.567. The van der Waals surface area contributed by atoms with Crippen LogP contribution in [0.1, 0.15) is 0 Å². The Bertz CT molecular complexity index is 1250. The summed E-state index contributed by atoms with van der Waals surface area (Å²) in [6.45, 7) is 4.86. The Morgan fingerprint density at radius 2 is 1.76 bits per heavy atom. The van der Waals surface area contributed by atoms with Crippen molar-refractivity contribution in [2.24, 2.45) is 0 Å². The number of hydrogen-bond acceptors (Lipinski definition) is 8. The van der Waals surface area contributed by atoms with Crippen molar-refractivity contribution >= 4 is 38.8 Å². The molecule has 2 aliphatic rings. The minimum absolute atomic E-state index is 0.173. The van der Waals surface area contributed by atoms with Crippen molar-refractivity contribution in [1.82, 2.24) is 14.1 Å². The molecule has 0 atom stereocenters. The van der Waals surface area contributed by atoms with Crippen LogP contribution in [0.2, 0.25) is 0 Å². The van der Waals surface area contributed by atoms with E-state index in [4.69, 9.17) is 14.6 Å². The molecule has 1 aromatic heterocycles. The molecule has 1 fully saturated rings. The van der Waals surface area contributed by atoms with E-state index in [1.165, 1.54) is 0 Å². The molecule has 33 heavy (non-hydrogen) atoms. The van der Waals surface area contributed by atoms with Gasteiger partial charge in [-0.25, -0.2) is 0 Å². The van der Waals surface area contributed by atoms with Crippen molar-refractivity contribution in [3.63, 3.8) is 0 Å². The molecule has 1 saturated heterocycles. The first kappa shape index (κ1) is 22.9. The van der Waals surface area contributed by atoms with Gasteiger partial charge in [0.2, 0.25) is 0 Å². The fraction of sp³-hybridized carbons (Fsp3) is 0.364. The largest absolute Gasteiger partial charge is 0.490 e. The lowest BCUT2D eigenvalue weighted by Gasteiger charge is -2.34. The van der Waals surface area contributed by atoms with Gasteiger partial charge in [0.05, 0.1) is 28.8 Å². The average Bonchev–Trinajstić information content (AvgIpc) is 3.24. The van der Waals surface area contributed by atoms with Gasteiger partial charge in [-0.1, -0.05) is 0 Å². The number of ether oxygens (including phenoxy) is 1. The number of carbonyl (C=O) groups is 1. The van der Waals surface area contributed by atoms with Crippen molar-refractivity contribution in [3.8, 4) is 5.75 Å². The molecule has 2 aliphatic heterocycles. The molecule has 3 aromatic rings. The first-order valence-electron chi connectivity index (χ1n) is 10.6. The molecule has 1 N–H and O–H groups in total. The summed E-state index contributed by atoms with van der Waals surface area (Å²) in [6.07, 6.45) is 1.60. The standard InChI is InChI=1S/C21H25N5O3S.CH2O2/c1-23-7-9-25(10-8-23)17-4-3-16-15-22-26(20(16)13-17)30(27,28)18-5-6-19-21(14-18)29-12-11-24(19)2;2-1-3/h3-6,13-15H,7-12H2,1-2H3;1H,(H,2,3). The number of fused-ring (bicyclic) bond motifs is 2. The van der Waals surface area contributed by atoms with Crippen molar-refractivity contribution in [2.45, 2.75) is 4.90 Å². The Kier molecular flexibility index (Phi) is 6.43. The Morgan fingerprint density at radius 3 is 2.48 bits per heavy atom. The molecule has 2 aromatic carbocycles. The van der Waals surface area contributed by atoms with Gasteiger partial charge in [0.25, 0.3) is 16.5 Å². The normalized spacial score (nSPS) is 16.5. The van der Waals surface area contributed by atoms with E-state index in [9.17, 15) is 8.42 Å². The van der Waals surface area contributed by atoms with Crippen LogP contribution in [-0.4, -0.2) is 87.5 Å². The number of likely N-dealkylation sites (N-methyl/N-ethyl adjacent to an activating group) is 2. The van der Waals surface area contributed by atoms with Crippen LogP contribution < -0.4 is 14.5 Å². The van der Waals surface area contributed by atoms with Gasteiger partial charge in [0, 0.05) is 50.4 Å². The highest BCUT2D eigenvalue weighted by Crippen LogP contribution is 2.34. The lowest BCUT2D eigenvalue weighted by atomic mass is 10.2. The van der Waals surface area contributed by atoms with Gasteiger partial charge < -0.3 is 24.5 Å². The van der Waals surface area contributed by atoms with Crippen LogP contribution in [0.5, 0.6) is 5.75 Å². The molecule has 0 spiro atoms. The second-order valence-electron chi connectivity index (χ2n) is 8.03. The second kappa shape index (κ2) is 9.28. The minimum Gasteiger partial charge on any atom is -0.490 e. The zero-order valence-electron chi connectivity index (χ0n) is 18.6. The Labute approximate surface area is 192 Å². The van der Waals surface area contributed by atoms with Crippen LogP contribution in [0.25, 0.3) is 10.9 Å². The van der Waals surface area contributed by atoms with Crippen LogP contribution in [0.3, 0.4) is 0 Å². The number of benzene rings is 2. The van der Waals surface area contributed by atoms with Gasteiger partial charge in [0.15, 0.2) is 0 Å². The maximum atomic E-state index is 13.4. The monoisotopic (exact) mass is 473 g/mol. The first-order valence-corrected chi connectivity index (χ1v) is 12.0. The van der Waals surface area contributed by atoms with Gasteiger partial charge in [-0.3, -0.25) is 4.79 Å². The van der Waals surface area contributed by atoms with Crippen molar-refractivity contribution in [1.29, 1.82) is 0 Å². The fourth-order valence-electron chi connectivity index (χ4n) is 4.04. The minimum atomic E-state index is -3.85. The number of rotatable bonds is 3. The van der Waals surface area contributed by atoms with Crippen LogP contribution in [0.15, 0.2) is 47.5 Å². The Balaban J connectivity index is 0.000000821. The van der Waals surface area contributed by atoms with Crippen LogP contribution in [0.4, 0.5) is 11.4 Å². The highest BCUT2D eigenvalue weighted by molar-refractivity contribution is 7.90. The van der Waals surface area contributed by atoms with E-state index in [1.807, 2.05) is 25.2 Å². The van der Waals surface area contributed by atoms with Crippen molar-refractivity contribution in [2.75, 3.05) is 63.2 Å². The summed E-state index contributed by atoms with van der Waals surface area (Å²) in [5, 5.41) is 11.9. The molecule has 0 unspecified atom stereocenters. The van der Waals surface area contributed by atoms with E-state index >= 15 is 0 Å². The number of carboxylic acid groups (broad SMARTS) is 1. The molecule has 0 saturated carbocycles. The maximum absolute atomic E-state index is 13.4. The molecule has 11 heteroatoms. The number of aromatic nitrogens is 2. The van der Waals surface area contributed by atoms with E-state index in [2.05, 4.69) is 26.8 Å². The van der Waals surface area contributed by atoms with E-state index in [1.54, 1.807) is 24.4 Å². The Morgan fingerprint density at radius 1 is 1.03 bits per heavy atom. The predicted molar refractivity (Wildman–Crippen MR) is 126 cm³/mol. The van der Waals surface area contributed by atoms with Crippen LogP contribution >= 0.6 is 0 Å². The fourth-order valence-corrected chi connectivity index (χ4v) is 5.32. The summed E-state index contributed by atoms with van der Waals surface area (Å²) >= 11 is 0. The van der Waals surface area contributed by atoms with Crippen molar-refractivity contribution in [3.05, 3.63) is 42.6 Å². The molecule has 3 heterocycles. The summed E-state index contributed by atoms with van der Waals surface area (Å²) in [6, 6.07) is 10.9. The predicted octanol–water partition coefficient (Wildman–Crippen LogP) is 1.55. The van der Waals surface area contributed by atoms with Crippen LogP contribution in [0, 0.1) is 0 Å². The second-order valence-corrected chi connectivity index (χ2v) is 9.80. The lowest BCUT2D eigenvalue weighted by Crippen LogP contribution is -2.44. The first-order chi connectivity index (χ1) is 15.8. The van der Waals surface area contributed by atoms with Gasteiger partial charge in [-0.05, 0) is 37.4 Å². The third-order valence-electron chi connectivity index (χ3n) is 5.94. The third-order valence-corrected chi connectivity index (χ3v) is 7.54. The van der Waals surface area contributed by atoms with E-state index < -0.39 is 10.0 Å². The third kappa shape index (κ3) is 4.46. The molecule has 0 amide bonds. The van der Waals surface area contributed by atoms with E-state index in [0.717, 1.165) is 53.6 Å². The molecule has 0 radical (unpaired) electrons. The van der Waals surface area contributed by atoms with Gasteiger partial charge in [-0.2, -0.15) is 17.6 Å². The summed E-state index contributed by atoms with van der Waals surface area (Å²) in [7, 11) is 0.233. The van der Waals surface area contributed by atoms with Gasteiger partial charge >= 0.3 is 0 Å². The molecular formula is C22H27N5O5S.